The number of anilines is 1. The molecule has 0 aliphatic heterocycles. The number of rotatable bonds is 6. The first kappa shape index (κ1) is 14.5. The van der Waals surface area contributed by atoms with Crippen LogP contribution in [0.3, 0.4) is 0 Å². The van der Waals surface area contributed by atoms with Crippen molar-refractivity contribution < 1.29 is 9.53 Å². The highest BCUT2D eigenvalue weighted by Crippen LogP contribution is 2.46. The van der Waals surface area contributed by atoms with Gasteiger partial charge >= 0.3 is 5.97 Å². The topological polar surface area (TPSA) is 51.2 Å². The van der Waals surface area contributed by atoms with Crippen molar-refractivity contribution in [2.45, 2.75) is 38.6 Å². The van der Waals surface area contributed by atoms with E-state index < -0.39 is 0 Å². The van der Waals surface area contributed by atoms with Gasteiger partial charge in [-0.15, -0.1) is 0 Å². The molecule has 0 unspecified atom stereocenters. The molecule has 1 heterocycles. The van der Waals surface area contributed by atoms with Crippen LogP contribution in [0.2, 0.25) is 0 Å². The Balaban J connectivity index is 1.76. The van der Waals surface area contributed by atoms with Gasteiger partial charge in [0.25, 0.3) is 0 Å². The summed E-state index contributed by atoms with van der Waals surface area (Å²) in [5.41, 5.74) is 2.36. The molecule has 0 spiro atoms. The molecule has 2 fully saturated rings. The first-order valence-corrected chi connectivity index (χ1v) is 8.59. The van der Waals surface area contributed by atoms with Gasteiger partial charge in [-0.25, -0.2) is 4.79 Å². The lowest BCUT2D eigenvalue weighted by atomic mass is 10.0. The molecule has 2 aliphatic carbocycles. The van der Waals surface area contributed by atoms with Crippen molar-refractivity contribution in [3.8, 4) is 0 Å². The number of nitrogens with zero attached hydrogens (tertiary/aromatic N) is 1. The van der Waals surface area contributed by atoms with E-state index in [4.69, 9.17) is 4.74 Å². The Morgan fingerprint density at radius 2 is 1.96 bits per heavy atom. The summed E-state index contributed by atoms with van der Waals surface area (Å²) in [6, 6.07) is 8.47. The number of hydrogen-bond donors (Lipinski definition) is 1. The Kier molecular flexibility index (Phi) is 3.68. The van der Waals surface area contributed by atoms with Gasteiger partial charge in [0.1, 0.15) is 5.56 Å². The second kappa shape index (κ2) is 5.84. The number of nitrogens with one attached hydrogen (secondary N) is 1. The molecule has 1 aromatic carbocycles. The van der Waals surface area contributed by atoms with E-state index in [1.807, 2.05) is 31.2 Å². The SMILES string of the molecule is CCOC(=O)c1cnc2ccccc2c1NC(C1CC1)C1CC1. The van der Waals surface area contributed by atoms with Crippen molar-refractivity contribution in [1.82, 2.24) is 4.98 Å². The maximum atomic E-state index is 12.4. The Morgan fingerprint density at radius 1 is 1.26 bits per heavy atom. The zero-order valence-corrected chi connectivity index (χ0v) is 13.4. The van der Waals surface area contributed by atoms with E-state index in [1.54, 1.807) is 6.20 Å². The fourth-order valence-electron chi connectivity index (χ4n) is 3.36. The summed E-state index contributed by atoms with van der Waals surface area (Å²) in [4.78, 5) is 16.8. The quantitative estimate of drug-likeness (QED) is 0.819. The third-order valence-corrected chi connectivity index (χ3v) is 4.84. The van der Waals surface area contributed by atoms with Crippen molar-refractivity contribution in [3.63, 3.8) is 0 Å². The van der Waals surface area contributed by atoms with Gasteiger partial charge in [0.15, 0.2) is 0 Å². The lowest BCUT2D eigenvalue weighted by Gasteiger charge is -2.22. The third-order valence-electron chi connectivity index (χ3n) is 4.84. The van der Waals surface area contributed by atoms with E-state index in [0.717, 1.165) is 28.4 Å². The zero-order valence-electron chi connectivity index (χ0n) is 13.4. The smallest absolute Gasteiger partial charge is 0.341 e. The standard InChI is InChI=1S/C19H22N2O2/c1-2-23-19(22)15-11-20-16-6-4-3-5-14(16)18(15)21-17(12-7-8-12)13-9-10-13/h3-6,11-13,17H,2,7-10H2,1H3,(H,20,21). The highest BCUT2D eigenvalue weighted by molar-refractivity contribution is 6.05. The van der Waals surface area contributed by atoms with Crippen LogP contribution >= 0.6 is 0 Å². The Morgan fingerprint density at radius 3 is 2.61 bits per heavy atom. The molecule has 120 valence electrons. The van der Waals surface area contributed by atoms with Gasteiger partial charge in [-0.1, -0.05) is 18.2 Å². The fourth-order valence-corrected chi connectivity index (χ4v) is 3.36. The van der Waals surface area contributed by atoms with Crippen LogP contribution in [0.4, 0.5) is 5.69 Å². The number of aromatic nitrogens is 1. The van der Waals surface area contributed by atoms with Crippen LogP contribution in [0, 0.1) is 11.8 Å². The molecule has 2 aliphatic rings. The van der Waals surface area contributed by atoms with Gasteiger partial charge in [0, 0.05) is 17.6 Å². The minimum Gasteiger partial charge on any atom is -0.462 e. The number of esters is 1. The Hall–Kier alpha value is -2.10. The summed E-state index contributed by atoms with van der Waals surface area (Å²) in [7, 11) is 0. The Labute approximate surface area is 136 Å². The number of carbonyl (C=O) groups is 1. The zero-order chi connectivity index (χ0) is 15.8. The molecule has 23 heavy (non-hydrogen) atoms. The number of hydrogen-bond acceptors (Lipinski definition) is 4. The Bertz CT molecular complexity index is 723. The molecule has 2 saturated carbocycles. The molecule has 4 heteroatoms. The molecule has 0 atom stereocenters. The maximum Gasteiger partial charge on any atom is 0.341 e. The van der Waals surface area contributed by atoms with Crippen LogP contribution in [0.15, 0.2) is 30.5 Å². The summed E-state index contributed by atoms with van der Waals surface area (Å²) in [6.07, 6.45) is 6.84. The van der Waals surface area contributed by atoms with E-state index in [1.165, 1.54) is 25.7 Å². The predicted molar refractivity (Wildman–Crippen MR) is 90.6 cm³/mol. The van der Waals surface area contributed by atoms with Crippen LogP contribution in [-0.4, -0.2) is 23.6 Å². The average molecular weight is 310 g/mol. The predicted octanol–water partition coefficient (Wildman–Crippen LogP) is 4.01. The van der Waals surface area contributed by atoms with E-state index in [9.17, 15) is 4.79 Å². The molecule has 4 rings (SSSR count). The summed E-state index contributed by atoms with van der Waals surface area (Å²) in [5.74, 6) is 1.22. The largest absolute Gasteiger partial charge is 0.462 e. The average Bonchev–Trinajstić information content (AvgIpc) is 3.46. The van der Waals surface area contributed by atoms with Crippen molar-refractivity contribution in [3.05, 3.63) is 36.0 Å². The number of benzene rings is 1. The van der Waals surface area contributed by atoms with Crippen molar-refractivity contribution in [1.29, 1.82) is 0 Å². The normalized spacial score (nSPS) is 17.5. The van der Waals surface area contributed by atoms with Gasteiger partial charge in [0.05, 0.1) is 17.8 Å². The van der Waals surface area contributed by atoms with Crippen LogP contribution in [0.1, 0.15) is 43.0 Å². The summed E-state index contributed by atoms with van der Waals surface area (Å²) >= 11 is 0. The van der Waals surface area contributed by atoms with Crippen LogP contribution in [-0.2, 0) is 4.74 Å². The number of para-hydroxylation sites is 1. The molecule has 1 aromatic heterocycles. The monoisotopic (exact) mass is 310 g/mol. The van der Waals surface area contributed by atoms with Gasteiger partial charge in [-0.2, -0.15) is 0 Å². The second-order valence-electron chi connectivity index (χ2n) is 6.63. The maximum absolute atomic E-state index is 12.4. The summed E-state index contributed by atoms with van der Waals surface area (Å²) in [6.45, 7) is 2.20. The van der Waals surface area contributed by atoms with E-state index >= 15 is 0 Å². The first-order valence-electron chi connectivity index (χ1n) is 8.59. The van der Waals surface area contributed by atoms with Crippen LogP contribution in [0.5, 0.6) is 0 Å². The van der Waals surface area contributed by atoms with Crippen molar-refractivity contribution in [2.75, 3.05) is 11.9 Å². The molecule has 0 bridgehead atoms. The molecule has 0 radical (unpaired) electrons. The summed E-state index contributed by atoms with van der Waals surface area (Å²) in [5, 5.41) is 4.72. The summed E-state index contributed by atoms with van der Waals surface area (Å²) < 4.78 is 5.23. The highest BCUT2D eigenvalue weighted by Gasteiger charge is 2.42. The molecule has 0 amide bonds. The lowest BCUT2D eigenvalue weighted by Crippen LogP contribution is -2.26. The molecular formula is C19H22N2O2. The van der Waals surface area contributed by atoms with Gasteiger partial charge in [-0.3, -0.25) is 4.98 Å². The lowest BCUT2D eigenvalue weighted by molar-refractivity contribution is 0.0527. The number of ether oxygens (including phenoxy) is 1. The van der Waals surface area contributed by atoms with Gasteiger partial charge in [0.2, 0.25) is 0 Å². The van der Waals surface area contributed by atoms with Gasteiger partial charge < -0.3 is 10.1 Å². The minimum absolute atomic E-state index is 0.293. The van der Waals surface area contributed by atoms with Crippen molar-refractivity contribution in [2.24, 2.45) is 11.8 Å². The van der Waals surface area contributed by atoms with E-state index in [2.05, 4.69) is 10.3 Å². The minimum atomic E-state index is -0.293. The number of fused-ring (bicyclic) bond motifs is 1. The molecule has 0 saturated heterocycles. The van der Waals surface area contributed by atoms with Crippen LogP contribution < -0.4 is 5.32 Å². The highest BCUT2D eigenvalue weighted by atomic mass is 16.5. The number of pyridine rings is 1. The van der Waals surface area contributed by atoms with E-state index in [-0.39, 0.29) is 5.97 Å². The van der Waals surface area contributed by atoms with E-state index in [0.29, 0.717) is 18.2 Å². The molecular weight excluding hydrogens is 288 g/mol. The molecule has 1 N–H and O–H groups in total. The number of carbonyl (C=O) groups excluding carboxylic acids is 1. The van der Waals surface area contributed by atoms with Crippen molar-refractivity contribution >= 4 is 22.6 Å². The molecule has 4 nitrogen and oxygen atoms in total. The third kappa shape index (κ3) is 2.90. The molecule has 2 aromatic rings. The fraction of sp³-hybridized carbons (Fsp3) is 0.474. The van der Waals surface area contributed by atoms with Crippen LogP contribution in [0.25, 0.3) is 10.9 Å². The second-order valence-corrected chi connectivity index (χ2v) is 6.63. The van der Waals surface area contributed by atoms with Gasteiger partial charge in [-0.05, 0) is 50.5 Å². The first-order chi connectivity index (χ1) is 11.3.